The first kappa shape index (κ1) is 24.3. The monoisotopic (exact) mass is 512 g/mol. The second-order valence-electron chi connectivity index (χ2n) is 10.2. The highest BCUT2D eigenvalue weighted by atomic mass is 16.5. The number of esters is 1. The summed E-state index contributed by atoms with van der Waals surface area (Å²) in [6.07, 6.45) is 3.00. The number of hydrogen-bond acceptors (Lipinski definition) is 5. The highest BCUT2D eigenvalue weighted by Gasteiger charge is 2.48. The molecule has 0 aliphatic carbocycles. The second kappa shape index (κ2) is 9.71. The van der Waals surface area contributed by atoms with E-state index >= 15 is 0 Å². The van der Waals surface area contributed by atoms with Gasteiger partial charge in [0.1, 0.15) is 0 Å². The van der Waals surface area contributed by atoms with Gasteiger partial charge in [0, 0.05) is 19.1 Å². The summed E-state index contributed by atoms with van der Waals surface area (Å²) in [4.78, 5) is 31.0. The van der Waals surface area contributed by atoms with Crippen molar-refractivity contribution in [1.29, 1.82) is 0 Å². The van der Waals surface area contributed by atoms with Crippen LogP contribution in [-0.4, -0.2) is 61.8 Å². The molecule has 3 aliphatic heterocycles. The molecule has 3 heterocycles. The number of rotatable bonds is 4. The van der Waals surface area contributed by atoms with Crippen LogP contribution in [0.2, 0.25) is 0 Å². The van der Waals surface area contributed by atoms with E-state index in [-0.39, 0.29) is 24.1 Å². The van der Waals surface area contributed by atoms with Gasteiger partial charge >= 0.3 is 12.0 Å². The molecule has 2 amide bonds. The first-order valence-electron chi connectivity index (χ1n) is 13.1. The predicted molar refractivity (Wildman–Crippen MR) is 145 cm³/mol. The number of carbonyl (C=O) groups excluding carboxylic acids is 2. The van der Waals surface area contributed by atoms with E-state index in [0.29, 0.717) is 36.6 Å². The molecule has 0 aromatic heterocycles. The fraction of sp³-hybridized carbons (Fsp3) is 0.355. The molecule has 38 heavy (non-hydrogen) atoms. The molecule has 0 N–H and O–H groups in total. The summed E-state index contributed by atoms with van der Waals surface area (Å²) < 4.78 is 16.2. The van der Waals surface area contributed by atoms with Crippen LogP contribution in [0, 0.1) is 0 Å². The molecule has 3 aromatic carbocycles. The third kappa shape index (κ3) is 3.97. The molecular weight excluding hydrogens is 480 g/mol. The Morgan fingerprint density at radius 2 is 1.61 bits per heavy atom. The van der Waals surface area contributed by atoms with Crippen molar-refractivity contribution in [3.8, 4) is 11.5 Å². The van der Waals surface area contributed by atoms with Gasteiger partial charge in [0.25, 0.3) is 0 Å². The van der Waals surface area contributed by atoms with E-state index in [1.165, 1.54) is 12.7 Å². The van der Waals surface area contributed by atoms with Crippen molar-refractivity contribution < 1.29 is 23.8 Å². The van der Waals surface area contributed by atoms with Crippen molar-refractivity contribution in [3.63, 3.8) is 0 Å². The molecule has 3 aliphatic rings. The standard InChI is InChI=1S/C31H32N2O5/c1-36-27-15-21-12-13-32(18-23(21)16-28(27)37-2)31(35)33-24-10-11-26(33)29(30(34)38-3)25(17-24)22-9-8-19-6-4-5-7-20(19)14-22/h4-9,14-16,24,26H,10-13,17-18H2,1-3H3/t24-,26+/m0/s1. The average Bonchev–Trinajstić information content (AvgIpc) is 3.27. The van der Waals surface area contributed by atoms with Gasteiger partial charge in [0.15, 0.2) is 11.5 Å². The van der Waals surface area contributed by atoms with Crippen LogP contribution in [0.3, 0.4) is 0 Å². The minimum Gasteiger partial charge on any atom is -0.493 e. The van der Waals surface area contributed by atoms with Crippen LogP contribution in [0.5, 0.6) is 11.5 Å². The lowest BCUT2D eigenvalue weighted by molar-refractivity contribution is -0.136. The summed E-state index contributed by atoms with van der Waals surface area (Å²) in [7, 11) is 4.67. The molecule has 6 rings (SSSR count). The normalized spacial score (nSPS) is 20.4. The van der Waals surface area contributed by atoms with Crippen LogP contribution in [0.25, 0.3) is 16.3 Å². The number of ether oxygens (including phenoxy) is 3. The predicted octanol–water partition coefficient (Wildman–Crippen LogP) is 5.20. The van der Waals surface area contributed by atoms with Gasteiger partial charge in [-0.2, -0.15) is 0 Å². The zero-order valence-corrected chi connectivity index (χ0v) is 22.0. The highest BCUT2D eigenvalue weighted by molar-refractivity contribution is 6.02. The Bertz CT molecular complexity index is 1460. The summed E-state index contributed by atoms with van der Waals surface area (Å²) in [5.41, 5.74) is 4.88. The Morgan fingerprint density at radius 3 is 2.34 bits per heavy atom. The van der Waals surface area contributed by atoms with Gasteiger partial charge in [-0.05, 0) is 76.9 Å². The third-order valence-electron chi connectivity index (χ3n) is 8.31. The van der Waals surface area contributed by atoms with Crippen molar-refractivity contribution >= 4 is 28.3 Å². The largest absolute Gasteiger partial charge is 0.493 e. The van der Waals surface area contributed by atoms with Crippen LogP contribution in [0.1, 0.15) is 36.0 Å². The fourth-order valence-electron chi connectivity index (χ4n) is 6.43. The maximum absolute atomic E-state index is 14.0. The topological polar surface area (TPSA) is 68.3 Å². The number of nitrogens with zero attached hydrogens (tertiary/aromatic N) is 2. The Hall–Kier alpha value is -4.00. The Morgan fingerprint density at radius 1 is 0.868 bits per heavy atom. The summed E-state index contributed by atoms with van der Waals surface area (Å²) in [5.74, 6) is 1.01. The zero-order valence-electron chi connectivity index (χ0n) is 22.0. The Labute approximate surface area is 222 Å². The van der Waals surface area contributed by atoms with Gasteiger partial charge in [-0.1, -0.05) is 36.4 Å². The quantitative estimate of drug-likeness (QED) is 0.450. The molecule has 0 saturated carbocycles. The average molecular weight is 513 g/mol. The lowest BCUT2D eigenvalue weighted by Gasteiger charge is -2.41. The van der Waals surface area contributed by atoms with E-state index in [2.05, 4.69) is 30.3 Å². The van der Waals surface area contributed by atoms with E-state index in [1.54, 1.807) is 14.2 Å². The van der Waals surface area contributed by atoms with Gasteiger partial charge in [-0.3, -0.25) is 0 Å². The lowest BCUT2D eigenvalue weighted by atomic mass is 9.87. The van der Waals surface area contributed by atoms with Crippen LogP contribution >= 0.6 is 0 Å². The molecule has 2 bridgehead atoms. The third-order valence-corrected chi connectivity index (χ3v) is 8.31. The summed E-state index contributed by atoms with van der Waals surface area (Å²) in [6.45, 7) is 1.12. The van der Waals surface area contributed by atoms with Crippen LogP contribution in [0.4, 0.5) is 4.79 Å². The van der Waals surface area contributed by atoms with Crippen LogP contribution < -0.4 is 9.47 Å². The van der Waals surface area contributed by atoms with Crippen molar-refractivity contribution in [2.45, 2.75) is 44.3 Å². The molecule has 7 nitrogen and oxygen atoms in total. The molecule has 0 unspecified atom stereocenters. The number of hydrogen-bond donors (Lipinski definition) is 0. The van der Waals surface area contributed by atoms with Crippen molar-refractivity contribution in [1.82, 2.24) is 9.80 Å². The van der Waals surface area contributed by atoms with E-state index in [4.69, 9.17) is 14.2 Å². The number of methoxy groups -OCH3 is 3. The van der Waals surface area contributed by atoms with E-state index < -0.39 is 0 Å². The molecule has 3 aromatic rings. The van der Waals surface area contributed by atoms with Crippen molar-refractivity contribution in [2.75, 3.05) is 27.9 Å². The SMILES string of the molecule is COC(=O)C1=C(c2ccc3ccccc3c2)C[C@@H]2CC[C@H]1N2C(=O)N1CCc2cc(OC)c(OC)cc2C1. The Balaban J connectivity index is 1.33. The molecular formula is C31H32N2O5. The van der Waals surface area contributed by atoms with Crippen LogP contribution in [0.15, 0.2) is 60.2 Å². The number of benzene rings is 3. The highest BCUT2D eigenvalue weighted by Crippen LogP contribution is 2.45. The van der Waals surface area contributed by atoms with E-state index in [0.717, 1.165) is 46.7 Å². The molecule has 2 atom stereocenters. The smallest absolute Gasteiger partial charge is 0.336 e. The van der Waals surface area contributed by atoms with Gasteiger partial charge in [0.2, 0.25) is 0 Å². The minimum atomic E-state index is -0.350. The number of fused-ring (bicyclic) bond motifs is 4. The van der Waals surface area contributed by atoms with Gasteiger partial charge < -0.3 is 24.0 Å². The van der Waals surface area contributed by atoms with Gasteiger partial charge in [-0.25, -0.2) is 9.59 Å². The van der Waals surface area contributed by atoms with E-state index in [9.17, 15) is 9.59 Å². The van der Waals surface area contributed by atoms with Crippen LogP contribution in [-0.2, 0) is 22.5 Å². The first-order chi connectivity index (χ1) is 18.5. The summed E-state index contributed by atoms with van der Waals surface area (Å²) >= 11 is 0. The molecule has 1 fully saturated rings. The molecule has 0 spiro atoms. The van der Waals surface area contributed by atoms with Gasteiger partial charge in [-0.15, -0.1) is 0 Å². The summed E-state index contributed by atoms with van der Waals surface area (Å²) in [5, 5.41) is 2.29. The molecule has 1 saturated heterocycles. The number of urea groups is 1. The molecule has 196 valence electrons. The lowest BCUT2D eigenvalue weighted by Crippen LogP contribution is -2.53. The maximum atomic E-state index is 14.0. The van der Waals surface area contributed by atoms with Gasteiger partial charge in [0.05, 0.1) is 32.9 Å². The maximum Gasteiger partial charge on any atom is 0.336 e. The zero-order chi connectivity index (χ0) is 26.4. The first-order valence-corrected chi connectivity index (χ1v) is 13.1. The van der Waals surface area contributed by atoms with Crippen molar-refractivity contribution in [2.24, 2.45) is 0 Å². The number of carbonyl (C=O) groups is 2. The van der Waals surface area contributed by atoms with E-state index in [1.807, 2.05) is 34.1 Å². The van der Waals surface area contributed by atoms with Crippen molar-refractivity contribution in [3.05, 3.63) is 76.9 Å². The second-order valence-corrected chi connectivity index (χ2v) is 10.2. The number of amides is 2. The molecule has 0 radical (unpaired) electrons. The summed E-state index contributed by atoms with van der Waals surface area (Å²) in [6, 6.07) is 18.3. The fourth-order valence-corrected chi connectivity index (χ4v) is 6.43. The Kier molecular flexibility index (Phi) is 6.22. The molecule has 7 heteroatoms. The minimum absolute atomic E-state index is 0.0168.